The Labute approximate surface area is 235 Å². The van der Waals surface area contributed by atoms with E-state index >= 15 is 0 Å². The molecule has 0 bridgehead atoms. The molecule has 4 aromatic rings. The van der Waals surface area contributed by atoms with Crippen molar-refractivity contribution in [2.45, 2.75) is 25.7 Å². The maximum atomic E-state index is 6.33. The Morgan fingerprint density at radius 3 is 1.85 bits per heavy atom. The molecule has 1 heterocycles. The second-order valence-electron chi connectivity index (χ2n) is 9.46. The Morgan fingerprint density at radius 2 is 1.15 bits per heavy atom. The molecule has 0 saturated carbocycles. The van der Waals surface area contributed by atoms with E-state index in [2.05, 4.69) is 24.3 Å². The predicted molar refractivity (Wildman–Crippen MR) is 153 cm³/mol. The summed E-state index contributed by atoms with van der Waals surface area (Å²) in [7, 11) is 6.61. The first-order chi connectivity index (χ1) is 19.6. The van der Waals surface area contributed by atoms with E-state index in [0.29, 0.717) is 34.5 Å². The van der Waals surface area contributed by atoms with Crippen molar-refractivity contribution in [2.75, 3.05) is 35.2 Å². The fraction of sp³-hybridized carbons (Fsp3) is 0.273. The fourth-order valence-corrected chi connectivity index (χ4v) is 4.76. The molecule has 0 amide bonds. The van der Waals surface area contributed by atoms with Crippen molar-refractivity contribution in [3.8, 4) is 46.0 Å². The maximum Gasteiger partial charge on any atom is 0.231 e. The molecule has 0 radical (unpaired) electrons. The quantitative estimate of drug-likeness (QED) is 0.195. The lowest BCUT2D eigenvalue weighted by Gasteiger charge is -2.15. The monoisotopic (exact) mass is 542 g/mol. The summed E-state index contributed by atoms with van der Waals surface area (Å²) in [5.41, 5.74) is 4.60. The van der Waals surface area contributed by atoms with Crippen LogP contribution in [0.4, 0.5) is 0 Å². The third-order valence-electron chi connectivity index (χ3n) is 6.93. The minimum Gasteiger partial charge on any atom is -0.497 e. The van der Waals surface area contributed by atoms with Gasteiger partial charge in [0.1, 0.15) is 5.75 Å². The molecule has 1 aliphatic heterocycles. The zero-order valence-electron chi connectivity index (χ0n) is 23.3. The van der Waals surface area contributed by atoms with Crippen LogP contribution in [0.3, 0.4) is 0 Å². The molecule has 0 saturated heterocycles. The van der Waals surface area contributed by atoms with Crippen LogP contribution < -0.4 is 33.2 Å². The molecule has 1 aliphatic rings. The van der Waals surface area contributed by atoms with Crippen LogP contribution in [0.15, 0.2) is 72.8 Å². The van der Waals surface area contributed by atoms with E-state index in [4.69, 9.17) is 33.2 Å². The van der Waals surface area contributed by atoms with E-state index in [9.17, 15) is 0 Å². The Kier molecular flexibility index (Phi) is 8.50. The summed E-state index contributed by atoms with van der Waals surface area (Å²) in [4.78, 5) is 0. The third-order valence-corrected chi connectivity index (χ3v) is 6.93. The molecule has 208 valence electrons. The average Bonchev–Trinajstić information content (AvgIpc) is 3.48. The minimum absolute atomic E-state index is 0.212. The number of fused-ring (bicyclic) bond motifs is 1. The lowest BCUT2D eigenvalue weighted by Crippen LogP contribution is -1.98. The van der Waals surface area contributed by atoms with Crippen LogP contribution in [0, 0.1) is 0 Å². The van der Waals surface area contributed by atoms with Gasteiger partial charge in [-0.2, -0.15) is 0 Å². The van der Waals surface area contributed by atoms with Gasteiger partial charge < -0.3 is 33.2 Å². The number of hydrogen-bond acceptors (Lipinski definition) is 7. The van der Waals surface area contributed by atoms with E-state index in [1.807, 2.05) is 48.5 Å². The van der Waals surface area contributed by atoms with E-state index in [1.165, 1.54) is 5.56 Å². The van der Waals surface area contributed by atoms with Gasteiger partial charge in [-0.05, 0) is 96.5 Å². The number of aryl methyl sites for hydroxylation is 4. The first-order valence-corrected chi connectivity index (χ1v) is 13.2. The SMILES string of the molecule is COc1cccc(CCc2ccc(OC)c(Oc3ccc(CCc4cc(OC)c5c(c4)OCO5)cc3OC)c2)c1. The third kappa shape index (κ3) is 6.20. The van der Waals surface area contributed by atoms with Crippen LogP contribution in [0.2, 0.25) is 0 Å². The Bertz CT molecular complexity index is 1460. The molecule has 5 rings (SSSR count). The molecule has 4 aromatic carbocycles. The van der Waals surface area contributed by atoms with E-state index in [0.717, 1.165) is 53.9 Å². The van der Waals surface area contributed by atoms with Crippen LogP contribution in [-0.2, 0) is 25.7 Å². The highest BCUT2D eigenvalue weighted by atomic mass is 16.7. The molecule has 0 spiro atoms. The Morgan fingerprint density at radius 1 is 0.525 bits per heavy atom. The van der Waals surface area contributed by atoms with Crippen LogP contribution in [0.25, 0.3) is 0 Å². The Balaban J connectivity index is 1.28. The van der Waals surface area contributed by atoms with Gasteiger partial charge >= 0.3 is 0 Å². The molecular weight excluding hydrogens is 508 g/mol. The zero-order chi connectivity index (χ0) is 27.9. The fourth-order valence-electron chi connectivity index (χ4n) is 4.76. The van der Waals surface area contributed by atoms with Crippen molar-refractivity contribution in [3.05, 3.63) is 95.1 Å². The molecular formula is C33H34O7. The molecule has 40 heavy (non-hydrogen) atoms. The van der Waals surface area contributed by atoms with Crippen LogP contribution in [-0.4, -0.2) is 35.2 Å². The maximum absolute atomic E-state index is 6.33. The van der Waals surface area contributed by atoms with Crippen molar-refractivity contribution < 1.29 is 33.2 Å². The minimum atomic E-state index is 0.212. The summed E-state index contributed by atoms with van der Waals surface area (Å²) in [6.45, 7) is 0.212. The topological polar surface area (TPSA) is 64.6 Å². The van der Waals surface area contributed by atoms with Crippen molar-refractivity contribution in [2.24, 2.45) is 0 Å². The van der Waals surface area contributed by atoms with Gasteiger partial charge in [-0.1, -0.05) is 24.3 Å². The van der Waals surface area contributed by atoms with Gasteiger partial charge in [0.15, 0.2) is 34.5 Å². The predicted octanol–water partition coefficient (Wildman–Crippen LogP) is 6.81. The lowest BCUT2D eigenvalue weighted by atomic mass is 10.0. The number of benzene rings is 4. The zero-order valence-corrected chi connectivity index (χ0v) is 23.3. The molecule has 0 aliphatic carbocycles. The van der Waals surface area contributed by atoms with Crippen molar-refractivity contribution in [1.29, 1.82) is 0 Å². The van der Waals surface area contributed by atoms with Crippen molar-refractivity contribution in [1.82, 2.24) is 0 Å². The van der Waals surface area contributed by atoms with Gasteiger partial charge in [0.25, 0.3) is 0 Å². The molecule has 0 unspecified atom stereocenters. The number of ether oxygens (including phenoxy) is 7. The van der Waals surface area contributed by atoms with E-state index < -0.39 is 0 Å². The molecule has 0 atom stereocenters. The van der Waals surface area contributed by atoms with Gasteiger partial charge in [0, 0.05) is 0 Å². The largest absolute Gasteiger partial charge is 0.497 e. The summed E-state index contributed by atoms with van der Waals surface area (Å²) in [5.74, 6) is 5.51. The highest BCUT2D eigenvalue weighted by Crippen LogP contribution is 2.42. The van der Waals surface area contributed by atoms with Crippen molar-refractivity contribution in [3.63, 3.8) is 0 Å². The van der Waals surface area contributed by atoms with Gasteiger partial charge in [-0.25, -0.2) is 0 Å². The van der Waals surface area contributed by atoms with E-state index in [-0.39, 0.29) is 6.79 Å². The molecule has 0 fully saturated rings. The van der Waals surface area contributed by atoms with Gasteiger partial charge in [-0.3, -0.25) is 0 Å². The van der Waals surface area contributed by atoms with Gasteiger partial charge in [0.2, 0.25) is 12.5 Å². The molecule has 7 nitrogen and oxygen atoms in total. The number of rotatable bonds is 12. The first-order valence-electron chi connectivity index (χ1n) is 13.2. The number of hydrogen-bond donors (Lipinski definition) is 0. The van der Waals surface area contributed by atoms with E-state index in [1.54, 1.807) is 28.4 Å². The summed E-state index contributed by atoms with van der Waals surface area (Å²) >= 11 is 0. The standard InChI is InChI=1S/C33H34O7/c1-34-26-7-5-6-22(16-26)8-9-24-12-14-27(35-2)30(18-24)40-28-15-13-23(17-29(28)36-3)10-11-25-19-31(37-4)33-32(20-25)38-21-39-33/h5-7,12-20H,8-11,21H2,1-4H3. The van der Waals surface area contributed by atoms with Crippen molar-refractivity contribution >= 4 is 0 Å². The molecule has 0 N–H and O–H groups in total. The van der Waals surface area contributed by atoms with Crippen LogP contribution >= 0.6 is 0 Å². The molecule has 0 aromatic heterocycles. The first kappa shape index (κ1) is 27.1. The summed E-state index contributed by atoms with van der Waals surface area (Å²) in [5, 5.41) is 0. The normalized spacial score (nSPS) is 11.7. The van der Waals surface area contributed by atoms with Gasteiger partial charge in [0.05, 0.1) is 28.4 Å². The summed E-state index contributed by atoms with van der Waals surface area (Å²) in [6, 6.07) is 24.2. The number of methoxy groups -OCH3 is 4. The Hall–Kier alpha value is -4.52. The van der Waals surface area contributed by atoms with Gasteiger partial charge in [-0.15, -0.1) is 0 Å². The average molecular weight is 543 g/mol. The second-order valence-corrected chi connectivity index (χ2v) is 9.46. The smallest absolute Gasteiger partial charge is 0.231 e. The van der Waals surface area contributed by atoms with Crippen LogP contribution in [0.5, 0.6) is 46.0 Å². The molecule has 7 heteroatoms. The lowest BCUT2D eigenvalue weighted by molar-refractivity contribution is 0.171. The second kappa shape index (κ2) is 12.6. The highest BCUT2D eigenvalue weighted by molar-refractivity contribution is 5.55. The highest BCUT2D eigenvalue weighted by Gasteiger charge is 2.20. The summed E-state index contributed by atoms with van der Waals surface area (Å²) < 4.78 is 39.5. The summed E-state index contributed by atoms with van der Waals surface area (Å²) in [6.07, 6.45) is 3.35. The van der Waals surface area contributed by atoms with Crippen LogP contribution in [0.1, 0.15) is 22.3 Å².